The van der Waals surface area contributed by atoms with Crippen molar-refractivity contribution in [3.63, 3.8) is 0 Å². The monoisotopic (exact) mass is 312 g/mol. The molecule has 0 radical (unpaired) electrons. The van der Waals surface area contributed by atoms with Gasteiger partial charge in [0.25, 0.3) is 0 Å². The fourth-order valence-corrected chi connectivity index (χ4v) is 2.40. The van der Waals surface area contributed by atoms with Gasteiger partial charge in [-0.3, -0.25) is 4.79 Å². The van der Waals surface area contributed by atoms with Crippen LogP contribution in [-0.2, 0) is 11.2 Å². The normalized spacial score (nSPS) is 10.3. The molecule has 4 nitrogen and oxygen atoms in total. The smallest absolute Gasteiger partial charge is 0.223 e. The van der Waals surface area contributed by atoms with Gasteiger partial charge >= 0.3 is 0 Å². The molecule has 0 aliphatic heterocycles. The van der Waals surface area contributed by atoms with Crippen molar-refractivity contribution >= 4 is 11.6 Å². The van der Waals surface area contributed by atoms with E-state index in [4.69, 9.17) is 10.5 Å². The Kier molecular flexibility index (Phi) is 6.03. The number of hydrogen-bond donors (Lipinski definition) is 2. The Hall–Kier alpha value is -2.49. The van der Waals surface area contributed by atoms with E-state index >= 15 is 0 Å². The maximum atomic E-state index is 11.8. The van der Waals surface area contributed by atoms with Crippen LogP contribution in [0.3, 0.4) is 0 Å². The number of ether oxygens (including phenoxy) is 1. The first-order valence-electron chi connectivity index (χ1n) is 7.85. The number of anilines is 1. The van der Waals surface area contributed by atoms with Crippen LogP contribution in [0.5, 0.6) is 5.75 Å². The number of benzene rings is 2. The van der Waals surface area contributed by atoms with E-state index in [-0.39, 0.29) is 5.91 Å². The van der Waals surface area contributed by atoms with Gasteiger partial charge in [0.15, 0.2) is 0 Å². The minimum atomic E-state index is 0.00446. The number of nitrogens with one attached hydrogen (secondary N) is 1. The van der Waals surface area contributed by atoms with Gasteiger partial charge < -0.3 is 15.8 Å². The summed E-state index contributed by atoms with van der Waals surface area (Å²) in [5.74, 6) is 0.821. The van der Waals surface area contributed by atoms with E-state index < -0.39 is 0 Å². The highest BCUT2D eigenvalue weighted by Gasteiger charge is 2.03. The zero-order chi connectivity index (χ0) is 16.7. The van der Waals surface area contributed by atoms with Crippen LogP contribution in [0.4, 0.5) is 5.69 Å². The van der Waals surface area contributed by atoms with Crippen LogP contribution in [0.25, 0.3) is 0 Å². The third-order valence-corrected chi connectivity index (χ3v) is 3.51. The van der Waals surface area contributed by atoms with Crippen molar-refractivity contribution in [3.8, 4) is 5.75 Å². The second kappa shape index (κ2) is 8.22. The molecule has 1 amide bonds. The largest absolute Gasteiger partial charge is 0.493 e. The molecule has 0 heterocycles. The second-order valence-electron chi connectivity index (χ2n) is 5.76. The summed E-state index contributed by atoms with van der Waals surface area (Å²) < 4.78 is 5.64. The molecular formula is C19H24N2O2. The third-order valence-electron chi connectivity index (χ3n) is 3.51. The fourth-order valence-electron chi connectivity index (χ4n) is 2.40. The van der Waals surface area contributed by atoms with Crippen molar-refractivity contribution in [2.24, 2.45) is 0 Å². The summed E-state index contributed by atoms with van der Waals surface area (Å²) in [4.78, 5) is 11.8. The molecule has 0 spiro atoms. The number of nitrogens with two attached hydrogens (primary N) is 1. The predicted molar refractivity (Wildman–Crippen MR) is 93.6 cm³/mol. The van der Waals surface area contributed by atoms with Gasteiger partial charge in [0.1, 0.15) is 5.75 Å². The summed E-state index contributed by atoms with van der Waals surface area (Å²) in [7, 11) is 0. The lowest BCUT2D eigenvalue weighted by Crippen LogP contribution is -2.27. The zero-order valence-electron chi connectivity index (χ0n) is 13.8. The lowest BCUT2D eigenvalue weighted by Gasteiger charge is -2.09. The zero-order valence-corrected chi connectivity index (χ0v) is 13.8. The standard InChI is InChI=1S/C19H24N2O2/c1-14-11-15(2)13-18(12-14)23-10-8-19(22)21-9-7-16-3-5-17(20)6-4-16/h3-6,11-13H,7-10,20H2,1-2H3,(H,21,22). The molecule has 0 aliphatic rings. The Morgan fingerprint density at radius 3 is 2.39 bits per heavy atom. The molecule has 4 heteroatoms. The first kappa shape index (κ1) is 16.9. The van der Waals surface area contributed by atoms with Gasteiger partial charge in [0.05, 0.1) is 13.0 Å². The Morgan fingerprint density at radius 2 is 1.74 bits per heavy atom. The highest BCUT2D eigenvalue weighted by Crippen LogP contribution is 2.16. The molecule has 0 bridgehead atoms. The van der Waals surface area contributed by atoms with Crippen molar-refractivity contribution < 1.29 is 9.53 Å². The summed E-state index contributed by atoms with van der Waals surface area (Å²) in [6.07, 6.45) is 1.15. The number of nitrogen functional groups attached to an aromatic ring is 1. The maximum absolute atomic E-state index is 11.8. The molecule has 0 unspecified atom stereocenters. The molecule has 0 aromatic heterocycles. The quantitative estimate of drug-likeness (QED) is 0.772. The Balaban J connectivity index is 1.66. The lowest BCUT2D eigenvalue weighted by molar-refractivity contribution is -0.121. The van der Waals surface area contributed by atoms with Crippen LogP contribution in [0.15, 0.2) is 42.5 Å². The van der Waals surface area contributed by atoms with Crippen molar-refractivity contribution in [3.05, 3.63) is 59.2 Å². The van der Waals surface area contributed by atoms with Crippen molar-refractivity contribution in [1.29, 1.82) is 0 Å². The second-order valence-corrected chi connectivity index (χ2v) is 5.76. The Bertz CT molecular complexity index is 631. The summed E-state index contributed by atoms with van der Waals surface area (Å²) in [6, 6.07) is 13.7. The van der Waals surface area contributed by atoms with E-state index in [0.717, 1.165) is 34.5 Å². The molecule has 0 aliphatic carbocycles. The van der Waals surface area contributed by atoms with Gasteiger partial charge in [-0.1, -0.05) is 18.2 Å². The average molecular weight is 312 g/mol. The molecular weight excluding hydrogens is 288 g/mol. The van der Waals surface area contributed by atoms with Gasteiger partial charge in [-0.15, -0.1) is 0 Å². The van der Waals surface area contributed by atoms with Crippen LogP contribution in [-0.4, -0.2) is 19.1 Å². The van der Waals surface area contributed by atoms with E-state index in [0.29, 0.717) is 19.6 Å². The van der Waals surface area contributed by atoms with E-state index in [9.17, 15) is 4.79 Å². The first-order chi connectivity index (χ1) is 11.0. The van der Waals surface area contributed by atoms with Gasteiger partial charge in [0, 0.05) is 12.2 Å². The molecule has 122 valence electrons. The molecule has 2 aromatic rings. The minimum absolute atomic E-state index is 0.00446. The van der Waals surface area contributed by atoms with Crippen LogP contribution in [0, 0.1) is 13.8 Å². The van der Waals surface area contributed by atoms with Crippen molar-refractivity contribution in [2.45, 2.75) is 26.7 Å². The fraction of sp³-hybridized carbons (Fsp3) is 0.316. The number of aryl methyl sites for hydroxylation is 2. The summed E-state index contributed by atoms with van der Waals surface area (Å²) in [6.45, 7) is 5.07. The third kappa shape index (κ3) is 6.02. The van der Waals surface area contributed by atoms with Crippen LogP contribution in [0.1, 0.15) is 23.1 Å². The van der Waals surface area contributed by atoms with E-state index in [2.05, 4.69) is 11.4 Å². The van der Waals surface area contributed by atoms with Gasteiger partial charge in [-0.2, -0.15) is 0 Å². The highest BCUT2D eigenvalue weighted by atomic mass is 16.5. The summed E-state index contributed by atoms with van der Waals surface area (Å²) in [5.41, 5.74) is 9.87. The van der Waals surface area contributed by atoms with Crippen LogP contribution < -0.4 is 15.8 Å². The van der Waals surface area contributed by atoms with E-state index in [1.165, 1.54) is 0 Å². The predicted octanol–water partition coefficient (Wildman–Crippen LogP) is 3.01. The lowest BCUT2D eigenvalue weighted by atomic mass is 10.1. The van der Waals surface area contributed by atoms with E-state index in [1.807, 2.05) is 50.2 Å². The van der Waals surface area contributed by atoms with Gasteiger partial charge in [-0.25, -0.2) is 0 Å². The number of hydrogen-bond acceptors (Lipinski definition) is 3. The van der Waals surface area contributed by atoms with Gasteiger partial charge in [0.2, 0.25) is 5.91 Å². The van der Waals surface area contributed by atoms with Gasteiger partial charge in [-0.05, 0) is 61.2 Å². The van der Waals surface area contributed by atoms with Crippen LogP contribution in [0.2, 0.25) is 0 Å². The number of carbonyl (C=O) groups is 1. The molecule has 23 heavy (non-hydrogen) atoms. The molecule has 0 fully saturated rings. The molecule has 3 N–H and O–H groups in total. The minimum Gasteiger partial charge on any atom is -0.493 e. The number of rotatable bonds is 7. The summed E-state index contributed by atoms with van der Waals surface area (Å²) in [5, 5.41) is 2.90. The molecule has 2 rings (SSSR count). The molecule has 2 aromatic carbocycles. The Morgan fingerprint density at radius 1 is 1.09 bits per heavy atom. The number of amides is 1. The SMILES string of the molecule is Cc1cc(C)cc(OCCC(=O)NCCc2ccc(N)cc2)c1. The maximum Gasteiger partial charge on any atom is 0.223 e. The number of carbonyl (C=O) groups excluding carboxylic acids is 1. The average Bonchev–Trinajstić information content (AvgIpc) is 2.48. The van der Waals surface area contributed by atoms with Crippen LogP contribution >= 0.6 is 0 Å². The molecule has 0 atom stereocenters. The summed E-state index contributed by atoms with van der Waals surface area (Å²) >= 11 is 0. The molecule has 0 saturated heterocycles. The van der Waals surface area contributed by atoms with E-state index in [1.54, 1.807) is 0 Å². The highest BCUT2D eigenvalue weighted by molar-refractivity contribution is 5.76. The Labute approximate surface area is 137 Å². The van der Waals surface area contributed by atoms with Crippen molar-refractivity contribution in [1.82, 2.24) is 5.32 Å². The first-order valence-corrected chi connectivity index (χ1v) is 7.85. The topological polar surface area (TPSA) is 64.3 Å². The van der Waals surface area contributed by atoms with Crippen molar-refractivity contribution in [2.75, 3.05) is 18.9 Å². The molecule has 0 saturated carbocycles.